The second kappa shape index (κ2) is 6.01. The van der Waals surface area contributed by atoms with Crippen molar-refractivity contribution in [2.75, 3.05) is 24.6 Å². The van der Waals surface area contributed by atoms with Gasteiger partial charge in [-0.05, 0) is 24.7 Å². The van der Waals surface area contributed by atoms with E-state index in [9.17, 15) is 8.42 Å². The van der Waals surface area contributed by atoms with Gasteiger partial charge < -0.3 is 5.32 Å². The lowest BCUT2D eigenvalue weighted by Crippen LogP contribution is -2.33. The lowest BCUT2D eigenvalue weighted by atomic mass is 9.89. The van der Waals surface area contributed by atoms with Crippen molar-refractivity contribution in [3.05, 3.63) is 0 Å². The molecule has 0 heterocycles. The number of hydrogen-bond donors (Lipinski definition) is 1. The molecule has 16 heavy (non-hydrogen) atoms. The summed E-state index contributed by atoms with van der Waals surface area (Å²) in [4.78, 5) is 0. The Bertz CT molecular complexity index is 292. The minimum Gasteiger partial charge on any atom is -0.315 e. The molecule has 4 heteroatoms. The zero-order valence-corrected chi connectivity index (χ0v) is 11.4. The molecule has 0 aliphatic heterocycles. The van der Waals surface area contributed by atoms with Gasteiger partial charge in [0.15, 0.2) is 9.84 Å². The fourth-order valence-electron chi connectivity index (χ4n) is 2.44. The van der Waals surface area contributed by atoms with Gasteiger partial charge in [-0.3, -0.25) is 0 Å². The van der Waals surface area contributed by atoms with E-state index in [0.717, 1.165) is 13.0 Å². The molecule has 0 aromatic carbocycles. The maximum atomic E-state index is 11.5. The smallest absolute Gasteiger partial charge is 0.151 e. The summed E-state index contributed by atoms with van der Waals surface area (Å²) in [5.41, 5.74) is 0.411. The molecular weight excluding hydrogens is 222 g/mol. The van der Waals surface area contributed by atoms with Gasteiger partial charge in [0.1, 0.15) is 0 Å². The Labute approximate surface area is 99.9 Å². The van der Waals surface area contributed by atoms with Gasteiger partial charge >= 0.3 is 0 Å². The van der Waals surface area contributed by atoms with Crippen LogP contribution in [0.25, 0.3) is 0 Å². The Morgan fingerprint density at radius 2 is 1.81 bits per heavy atom. The first kappa shape index (κ1) is 14.0. The molecule has 0 aromatic heterocycles. The van der Waals surface area contributed by atoms with Crippen molar-refractivity contribution >= 4 is 9.84 Å². The zero-order chi connectivity index (χ0) is 12.1. The van der Waals surface area contributed by atoms with E-state index in [1.54, 1.807) is 0 Å². The van der Waals surface area contributed by atoms with Crippen LogP contribution in [0.5, 0.6) is 0 Å². The number of sulfone groups is 1. The van der Waals surface area contributed by atoms with Gasteiger partial charge in [-0.25, -0.2) is 8.42 Å². The summed E-state index contributed by atoms with van der Waals surface area (Å²) < 4.78 is 22.9. The molecule has 96 valence electrons. The van der Waals surface area contributed by atoms with Crippen molar-refractivity contribution in [2.45, 2.75) is 46.0 Å². The van der Waals surface area contributed by atoms with Crippen LogP contribution in [-0.2, 0) is 9.84 Å². The quantitative estimate of drug-likeness (QED) is 0.700. The normalized spacial score (nSPS) is 20.1. The highest BCUT2D eigenvalue weighted by atomic mass is 32.2. The molecular formula is C12H25NO2S. The number of hydrogen-bond acceptors (Lipinski definition) is 3. The second-order valence-corrected chi connectivity index (χ2v) is 7.65. The van der Waals surface area contributed by atoms with Crippen LogP contribution in [0.4, 0.5) is 0 Å². The Morgan fingerprint density at radius 1 is 1.19 bits per heavy atom. The molecule has 1 aliphatic rings. The molecule has 1 N–H and O–H groups in total. The SMILES string of the molecule is CCCS(=O)(=O)CCNCC1(C)CCCC1. The Hall–Kier alpha value is -0.0900. The molecule has 1 aliphatic carbocycles. The van der Waals surface area contributed by atoms with E-state index in [-0.39, 0.29) is 5.75 Å². The molecule has 0 amide bonds. The highest BCUT2D eigenvalue weighted by molar-refractivity contribution is 7.91. The number of rotatable bonds is 7. The molecule has 0 aromatic rings. The summed E-state index contributed by atoms with van der Waals surface area (Å²) in [6, 6.07) is 0. The van der Waals surface area contributed by atoms with E-state index < -0.39 is 9.84 Å². The fraction of sp³-hybridized carbons (Fsp3) is 1.00. The highest BCUT2D eigenvalue weighted by Gasteiger charge is 2.27. The van der Waals surface area contributed by atoms with Gasteiger partial charge in [-0.15, -0.1) is 0 Å². The average Bonchev–Trinajstić information content (AvgIpc) is 2.61. The minimum absolute atomic E-state index is 0.289. The van der Waals surface area contributed by atoms with Gasteiger partial charge in [0.2, 0.25) is 0 Å². The van der Waals surface area contributed by atoms with Crippen LogP contribution in [-0.4, -0.2) is 33.0 Å². The van der Waals surface area contributed by atoms with Crippen LogP contribution in [0, 0.1) is 5.41 Å². The average molecular weight is 247 g/mol. The van der Waals surface area contributed by atoms with E-state index in [2.05, 4.69) is 12.2 Å². The molecule has 0 spiro atoms. The van der Waals surface area contributed by atoms with E-state index in [1.807, 2.05) is 6.92 Å². The molecule has 0 unspecified atom stereocenters. The first-order valence-corrected chi connectivity index (χ1v) is 8.21. The van der Waals surface area contributed by atoms with Gasteiger partial charge in [0, 0.05) is 18.8 Å². The summed E-state index contributed by atoms with van der Waals surface area (Å²) in [5, 5.41) is 3.30. The first-order valence-electron chi connectivity index (χ1n) is 6.39. The lowest BCUT2D eigenvalue weighted by Gasteiger charge is -2.23. The van der Waals surface area contributed by atoms with Crippen molar-refractivity contribution in [2.24, 2.45) is 5.41 Å². The molecule has 0 radical (unpaired) electrons. The third-order valence-electron chi connectivity index (χ3n) is 3.47. The summed E-state index contributed by atoms with van der Waals surface area (Å²) in [6.07, 6.45) is 5.93. The van der Waals surface area contributed by atoms with Crippen molar-refractivity contribution in [3.63, 3.8) is 0 Å². The number of nitrogens with one attached hydrogen (secondary N) is 1. The lowest BCUT2D eigenvalue weighted by molar-refractivity contribution is 0.319. The van der Waals surface area contributed by atoms with E-state index in [0.29, 0.717) is 17.7 Å². The molecule has 1 fully saturated rings. The summed E-state index contributed by atoms with van der Waals surface area (Å²) >= 11 is 0. The van der Waals surface area contributed by atoms with Gasteiger partial charge in [-0.1, -0.05) is 26.7 Å². The zero-order valence-electron chi connectivity index (χ0n) is 10.6. The van der Waals surface area contributed by atoms with Gasteiger partial charge in [0.05, 0.1) is 5.75 Å². The van der Waals surface area contributed by atoms with Gasteiger partial charge in [0.25, 0.3) is 0 Å². The van der Waals surface area contributed by atoms with Crippen LogP contribution < -0.4 is 5.32 Å². The molecule has 3 nitrogen and oxygen atoms in total. The highest BCUT2D eigenvalue weighted by Crippen LogP contribution is 2.36. The predicted molar refractivity (Wildman–Crippen MR) is 68.4 cm³/mol. The molecule has 0 atom stereocenters. The Morgan fingerprint density at radius 3 is 2.38 bits per heavy atom. The van der Waals surface area contributed by atoms with Crippen LogP contribution in [0.2, 0.25) is 0 Å². The second-order valence-electron chi connectivity index (χ2n) is 5.35. The molecule has 0 saturated heterocycles. The van der Waals surface area contributed by atoms with Crippen LogP contribution in [0.15, 0.2) is 0 Å². The maximum absolute atomic E-state index is 11.5. The van der Waals surface area contributed by atoms with Gasteiger partial charge in [-0.2, -0.15) is 0 Å². The predicted octanol–water partition coefficient (Wildman–Crippen LogP) is 1.98. The molecule has 1 rings (SSSR count). The summed E-state index contributed by atoms with van der Waals surface area (Å²) in [7, 11) is -2.81. The van der Waals surface area contributed by atoms with Crippen molar-refractivity contribution in [1.82, 2.24) is 5.32 Å². The van der Waals surface area contributed by atoms with Crippen molar-refractivity contribution in [1.29, 1.82) is 0 Å². The van der Waals surface area contributed by atoms with Crippen molar-refractivity contribution in [3.8, 4) is 0 Å². The van der Waals surface area contributed by atoms with E-state index >= 15 is 0 Å². The van der Waals surface area contributed by atoms with Crippen LogP contribution in [0.3, 0.4) is 0 Å². The standard InChI is InChI=1S/C12H25NO2S/c1-3-9-16(14,15)10-8-13-11-12(2)6-4-5-7-12/h13H,3-11H2,1-2H3. The maximum Gasteiger partial charge on any atom is 0.151 e. The Kier molecular flexibility index (Phi) is 5.25. The topological polar surface area (TPSA) is 46.2 Å². The van der Waals surface area contributed by atoms with Crippen LogP contribution in [0.1, 0.15) is 46.0 Å². The molecule has 0 bridgehead atoms. The van der Waals surface area contributed by atoms with Crippen LogP contribution >= 0.6 is 0 Å². The fourth-order valence-corrected chi connectivity index (χ4v) is 3.72. The largest absolute Gasteiger partial charge is 0.315 e. The summed E-state index contributed by atoms with van der Waals surface area (Å²) in [6.45, 7) is 5.78. The van der Waals surface area contributed by atoms with Crippen molar-refractivity contribution < 1.29 is 8.42 Å². The minimum atomic E-state index is -2.81. The molecule has 1 saturated carbocycles. The van der Waals surface area contributed by atoms with E-state index in [4.69, 9.17) is 0 Å². The third kappa shape index (κ3) is 4.83. The Balaban J connectivity index is 2.16. The summed E-state index contributed by atoms with van der Waals surface area (Å²) in [5.74, 6) is 0.614. The monoisotopic (exact) mass is 247 g/mol. The first-order chi connectivity index (χ1) is 7.47. The third-order valence-corrected chi connectivity index (χ3v) is 5.32. The van der Waals surface area contributed by atoms with E-state index in [1.165, 1.54) is 25.7 Å².